The van der Waals surface area contributed by atoms with Crippen molar-refractivity contribution >= 4 is 29.2 Å². The molecule has 3 fully saturated rings. The first-order valence-electron chi connectivity index (χ1n) is 25.3. The van der Waals surface area contributed by atoms with Crippen LogP contribution in [0.2, 0.25) is 0 Å². The molecule has 14 nitrogen and oxygen atoms in total. The number of aliphatic hydroxyl groups is 2. The van der Waals surface area contributed by atoms with Crippen LogP contribution in [0.1, 0.15) is 132 Å². The lowest BCUT2D eigenvalue weighted by Gasteiger charge is -2.42. The molecule has 1 aliphatic carbocycles. The fourth-order valence-corrected chi connectivity index (χ4v) is 10.7. The van der Waals surface area contributed by atoms with E-state index in [0.29, 0.717) is 51.4 Å². The molecule has 4 aliphatic rings. The lowest BCUT2D eigenvalue weighted by molar-refractivity contribution is -0.265. The minimum absolute atomic E-state index is 0.00654. The molecule has 68 heavy (non-hydrogen) atoms. The topological polar surface area (TPSA) is 184 Å². The summed E-state index contributed by atoms with van der Waals surface area (Å²) in [6, 6.07) is -1.11. The van der Waals surface area contributed by atoms with E-state index in [9.17, 15) is 34.2 Å². The summed E-state index contributed by atoms with van der Waals surface area (Å²) in [6.45, 7) is 15.5. The smallest absolute Gasteiger partial charge is 0.329 e. The fraction of sp³-hybridized carbons (Fsp3) is 0.759. The van der Waals surface area contributed by atoms with Crippen molar-refractivity contribution in [3.63, 3.8) is 0 Å². The van der Waals surface area contributed by atoms with Gasteiger partial charge in [0.1, 0.15) is 24.0 Å². The van der Waals surface area contributed by atoms with Gasteiger partial charge in [0.2, 0.25) is 5.79 Å². The summed E-state index contributed by atoms with van der Waals surface area (Å²) in [5.41, 5.74) is 1.73. The Balaban J connectivity index is 1.70. The molecule has 3 aliphatic heterocycles. The molecular formula is C54H85NO13. The first-order valence-corrected chi connectivity index (χ1v) is 25.3. The number of ether oxygens (including phenoxy) is 6. The zero-order chi connectivity index (χ0) is 50.3. The molecule has 4 rings (SSSR count). The van der Waals surface area contributed by atoms with Crippen LogP contribution in [0.15, 0.2) is 47.6 Å². The second kappa shape index (κ2) is 27.3. The fourth-order valence-electron chi connectivity index (χ4n) is 10.7. The molecule has 1 saturated carbocycles. The van der Waals surface area contributed by atoms with E-state index >= 15 is 0 Å². The Kier molecular flexibility index (Phi) is 23.0. The predicted octanol–water partition coefficient (Wildman–Crippen LogP) is 7.47. The number of aliphatic hydroxyl groups excluding tert-OH is 1. The number of amides is 1. The number of carbonyl (C=O) groups excluding carboxylic acids is 5. The van der Waals surface area contributed by atoms with E-state index in [1.807, 2.05) is 65.0 Å². The zero-order valence-corrected chi connectivity index (χ0v) is 43.0. The van der Waals surface area contributed by atoms with Gasteiger partial charge in [0, 0.05) is 64.4 Å². The van der Waals surface area contributed by atoms with E-state index in [2.05, 4.69) is 13.0 Å². The molecular weight excluding hydrogens is 871 g/mol. The number of fused-ring (bicyclic) bond motifs is 3. The molecule has 3 heterocycles. The summed E-state index contributed by atoms with van der Waals surface area (Å²) in [5.74, 6) is -7.32. The van der Waals surface area contributed by atoms with Crippen LogP contribution in [0.3, 0.4) is 0 Å². The second-order valence-electron chi connectivity index (χ2n) is 20.5. The van der Waals surface area contributed by atoms with Gasteiger partial charge >= 0.3 is 5.97 Å². The van der Waals surface area contributed by atoms with E-state index in [0.717, 1.165) is 24.0 Å². The van der Waals surface area contributed by atoms with Gasteiger partial charge in [0.05, 0.1) is 37.6 Å². The standard InChI is InChI=1S/C54H85NO13/c1-33-17-13-12-14-18-34(2)46(63-9)31-42-22-20-39(7)54(62,68-42)51(59)52(60)55-24-16-15-19-43(55)53(61)67-47(37(5)29-41-21-23-45(66-26-25-56)48(30-41)64-10)32-44(57)36(4)28-35(3)40(8)50(65-11)49(58)38(6)27-33/h12-14,17-18,28,33,36-43,45-48,50,56,62H,15-16,19-27,29-32H2,1-11H3/b14-12+,17-13+,34-18+,35-28+/t33-,36?,37?,38-,39-,40-,41+,42+,43+,45-,46+,47?,48-,50-,54-/m1/s1. The highest BCUT2D eigenvalue weighted by Gasteiger charge is 2.53. The van der Waals surface area contributed by atoms with Crippen molar-refractivity contribution in [1.82, 2.24) is 4.90 Å². The van der Waals surface area contributed by atoms with Crippen molar-refractivity contribution < 1.29 is 62.6 Å². The largest absolute Gasteiger partial charge is 0.460 e. The Hall–Kier alpha value is -3.37. The maximum Gasteiger partial charge on any atom is 0.329 e. The molecule has 3 unspecified atom stereocenters. The monoisotopic (exact) mass is 956 g/mol. The van der Waals surface area contributed by atoms with Gasteiger partial charge in [-0.05, 0) is 101 Å². The Bertz CT molecular complexity index is 1810. The molecule has 0 radical (unpaired) electrons. The average Bonchev–Trinajstić information content (AvgIpc) is 3.32. The highest BCUT2D eigenvalue weighted by molar-refractivity contribution is 6.39. The van der Waals surface area contributed by atoms with E-state index in [-0.39, 0.29) is 86.0 Å². The first-order chi connectivity index (χ1) is 32.3. The molecule has 0 aromatic carbocycles. The maximum absolute atomic E-state index is 14.5. The van der Waals surface area contributed by atoms with Gasteiger partial charge in [-0.25, -0.2) is 4.79 Å². The number of piperidine rings is 1. The van der Waals surface area contributed by atoms with E-state index in [1.165, 1.54) is 12.0 Å². The van der Waals surface area contributed by atoms with Crippen LogP contribution < -0.4 is 0 Å². The van der Waals surface area contributed by atoms with Crippen molar-refractivity contribution in [2.45, 2.75) is 181 Å². The van der Waals surface area contributed by atoms with Crippen LogP contribution in [0.4, 0.5) is 0 Å². The SMILES string of the molecule is CO[C@H]1C[C@@H]2CC[C@@H](C)[C@@](O)(O2)C(=O)C(=O)N2CCCC[C@H]2C(=O)OC(C(C)C[C@@H]2CC[C@@H](OCCO)[C@H](OC)C2)CC(=O)C(C)/C=C(\C)[C@@H](C)[C@@H](OC)C(=O)[C@H](C)C[C@H](C)/C=C/C=C/C=C/1C. The Morgan fingerprint density at radius 1 is 0.838 bits per heavy atom. The summed E-state index contributed by atoms with van der Waals surface area (Å²) >= 11 is 0. The molecule has 0 aromatic heterocycles. The van der Waals surface area contributed by atoms with Crippen molar-refractivity contribution in [3.8, 4) is 0 Å². The molecule has 0 aromatic rings. The van der Waals surface area contributed by atoms with Gasteiger partial charge < -0.3 is 43.5 Å². The van der Waals surface area contributed by atoms with Gasteiger partial charge in [-0.2, -0.15) is 0 Å². The van der Waals surface area contributed by atoms with Crippen LogP contribution >= 0.6 is 0 Å². The number of Topliss-reactive ketones (excluding diaryl/α,β-unsaturated/α-hetero) is 3. The van der Waals surface area contributed by atoms with Gasteiger partial charge in [-0.3, -0.25) is 19.2 Å². The highest BCUT2D eigenvalue weighted by atomic mass is 16.6. The normalized spacial score (nSPS) is 39.2. The average molecular weight is 956 g/mol. The number of esters is 1. The molecule has 14 heteroatoms. The highest BCUT2D eigenvalue weighted by Crippen LogP contribution is 2.38. The number of methoxy groups -OCH3 is 3. The first kappa shape index (κ1) is 57.2. The minimum atomic E-state index is -2.42. The third-order valence-corrected chi connectivity index (χ3v) is 15.3. The van der Waals surface area contributed by atoms with Gasteiger partial charge in [-0.15, -0.1) is 0 Å². The lowest BCUT2D eigenvalue weighted by atomic mass is 9.78. The summed E-state index contributed by atoms with van der Waals surface area (Å²) in [7, 11) is 4.78. The minimum Gasteiger partial charge on any atom is -0.460 e. The Morgan fingerprint density at radius 2 is 1.57 bits per heavy atom. The van der Waals surface area contributed by atoms with E-state index in [4.69, 9.17) is 28.4 Å². The van der Waals surface area contributed by atoms with Crippen molar-refractivity contribution in [1.29, 1.82) is 0 Å². The number of carbonyl (C=O) groups is 5. The summed E-state index contributed by atoms with van der Waals surface area (Å²) in [4.78, 5) is 72.5. The van der Waals surface area contributed by atoms with E-state index in [1.54, 1.807) is 28.1 Å². The number of nitrogens with zero attached hydrogens (tertiary/aromatic N) is 1. The molecule has 2 N–H and O–H groups in total. The molecule has 1 amide bonds. The third kappa shape index (κ3) is 15.3. The van der Waals surface area contributed by atoms with Crippen molar-refractivity contribution in [2.24, 2.45) is 41.4 Å². The van der Waals surface area contributed by atoms with Gasteiger partial charge in [0.25, 0.3) is 11.7 Å². The third-order valence-electron chi connectivity index (χ3n) is 15.3. The van der Waals surface area contributed by atoms with Crippen molar-refractivity contribution in [3.05, 3.63) is 47.6 Å². The zero-order valence-electron chi connectivity index (χ0n) is 43.0. The molecule has 2 bridgehead atoms. The van der Waals surface area contributed by atoms with Gasteiger partial charge in [-0.1, -0.05) is 83.6 Å². The van der Waals surface area contributed by atoms with E-state index < -0.39 is 65.7 Å². The molecule has 2 saturated heterocycles. The Labute approximate surface area is 406 Å². The number of cyclic esters (lactones) is 1. The Morgan fingerprint density at radius 3 is 2.25 bits per heavy atom. The number of rotatable bonds is 9. The van der Waals surface area contributed by atoms with Crippen LogP contribution in [-0.2, 0) is 52.4 Å². The second-order valence-corrected chi connectivity index (χ2v) is 20.5. The molecule has 384 valence electrons. The number of ketones is 3. The number of allylic oxidation sites excluding steroid dienone is 6. The summed E-state index contributed by atoms with van der Waals surface area (Å²) in [6.07, 6.45) is 14.8. The number of hydrogen-bond acceptors (Lipinski definition) is 13. The van der Waals surface area contributed by atoms with Gasteiger partial charge in [0.15, 0.2) is 5.78 Å². The predicted molar refractivity (Wildman–Crippen MR) is 259 cm³/mol. The summed E-state index contributed by atoms with van der Waals surface area (Å²) < 4.78 is 35.9. The molecule has 0 spiro atoms. The number of hydrogen-bond donors (Lipinski definition) is 2. The van der Waals surface area contributed by atoms with Crippen molar-refractivity contribution in [2.75, 3.05) is 41.1 Å². The van der Waals surface area contributed by atoms with Crippen LogP contribution in [0, 0.1) is 41.4 Å². The summed E-state index contributed by atoms with van der Waals surface area (Å²) in [5, 5.41) is 21.3. The van der Waals surface area contributed by atoms with Crippen LogP contribution in [0.5, 0.6) is 0 Å². The van der Waals surface area contributed by atoms with Crippen LogP contribution in [-0.4, -0.2) is 134 Å². The molecule has 15 atom stereocenters. The van der Waals surface area contributed by atoms with Crippen LogP contribution in [0.25, 0.3) is 0 Å². The lowest BCUT2D eigenvalue weighted by Crippen LogP contribution is -2.61. The maximum atomic E-state index is 14.5. The quantitative estimate of drug-likeness (QED) is 0.132.